The summed E-state index contributed by atoms with van der Waals surface area (Å²) < 4.78 is 18.7. The van der Waals surface area contributed by atoms with E-state index in [1.165, 1.54) is 18.2 Å². The Kier molecular flexibility index (Phi) is 2.96. The molecule has 0 aliphatic carbocycles. The molecule has 1 atom stereocenters. The van der Waals surface area contributed by atoms with Crippen LogP contribution in [0, 0.1) is 17.1 Å². The molecule has 88 valence electrons. The van der Waals surface area contributed by atoms with Crippen molar-refractivity contribution in [1.82, 2.24) is 4.90 Å². The van der Waals surface area contributed by atoms with E-state index in [2.05, 4.69) is 0 Å². The highest BCUT2D eigenvalue weighted by Crippen LogP contribution is 2.24. The molecule has 1 fully saturated rings. The number of nitrogens with zero attached hydrogens (tertiary/aromatic N) is 2. The molecule has 0 aromatic heterocycles. The molecule has 0 radical (unpaired) electrons. The van der Waals surface area contributed by atoms with Gasteiger partial charge in [-0.05, 0) is 12.1 Å². The molecule has 0 spiro atoms. The molecule has 0 N–H and O–H groups in total. The van der Waals surface area contributed by atoms with Gasteiger partial charge in [0.2, 0.25) is 0 Å². The lowest BCUT2D eigenvalue weighted by atomic mass is 10.2. The van der Waals surface area contributed by atoms with Crippen LogP contribution < -0.4 is 4.74 Å². The molecular weight excluding hydrogens is 223 g/mol. The number of hydrogen-bond acceptors (Lipinski definition) is 3. The molecule has 2 rings (SSSR count). The summed E-state index contributed by atoms with van der Waals surface area (Å²) in [4.78, 5) is 13.2. The van der Waals surface area contributed by atoms with Crippen LogP contribution in [0.2, 0.25) is 0 Å². The van der Waals surface area contributed by atoms with Gasteiger partial charge in [0.15, 0.2) is 6.10 Å². The fourth-order valence-corrected chi connectivity index (χ4v) is 1.76. The number of likely N-dealkylation sites (tertiary alicyclic amines) is 1. The first-order chi connectivity index (χ1) is 8.13. The normalized spacial score (nSPS) is 19.2. The van der Waals surface area contributed by atoms with Crippen LogP contribution in [0.5, 0.6) is 5.75 Å². The second kappa shape index (κ2) is 4.42. The number of carbonyl (C=O) groups excluding carboxylic acids is 1. The van der Waals surface area contributed by atoms with Crippen molar-refractivity contribution in [3.8, 4) is 11.8 Å². The van der Waals surface area contributed by atoms with Crippen LogP contribution in [-0.4, -0.2) is 30.5 Å². The monoisotopic (exact) mass is 234 g/mol. The smallest absolute Gasteiger partial charge is 0.263 e. The fraction of sp³-hybridized carbons (Fsp3) is 0.333. The Morgan fingerprint density at radius 1 is 1.59 bits per heavy atom. The van der Waals surface area contributed by atoms with Crippen molar-refractivity contribution in [2.24, 2.45) is 0 Å². The third kappa shape index (κ3) is 2.07. The predicted octanol–water partition coefficient (Wildman–Crippen LogP) is 1.31. The van der Waals surface area contributed by atoms with Gasteiger partial charge >= 0.3 is 0 Å². The number of ether oxygens (including phenoxy) is 1. The summed E-state index contributed by atoms with van der Waals surface area (Å²) in [5.74, 6) is -0.650. The van der Waals surface area contributed by atoms with Crippen LogP contribution in [0.4, 0.5) is 4.39 Å². The van der Waals surface area contributed by atoms with Gasteiger partial charge in [-0.2, -0.15) is 5.26 Å². The number of nitriles is 1. The zero-order valence-electron chi connectivity index (χ0n) is 9.31. The summed E-state index contributed by atoms with van der Waals surface area (Å²) in [5.41, 5.74) is -0.158. The maximum absolute atomic E-state index is 13.3. The average Bonchev–Trinajstić information content (AvgIpc) is 2.61. The summed E-state index contributed by atoms with van der Waals surface area (Å²) in [5, 5.41) is 8.83. The molecular formula is C12H11FN2O2. The zero-order valence-corrected chi connectivity index (χ0v) is 9.31. The van der Waals surface area contributed by atoms with Crippen LogP contribution in [0.1, 0.15) is 12.0 Å². The van der Waals surface area contributed by atoms with Crippen LogP contribution in [0.3, 0.4) is 0 Å². The molecule has 1 aliphatic rings. The van der Waals surface area contributed by atoms with Crippen molar-refractivity contribution in [1.29, 1.82) is 5.26 Å². The van der Waals surface area contributed by atoms with Gasteiger partial charge in [0.1, 0.15) is 23.2 Å². The van der Waals surface area contributed by atoms with Crippen LogP contribution >= 0.6 is 0 Å². The van der Waals surface area contributed by atoms with E-state index in [9.17, 15) is 9.18 Å². The standard InChI is InChI=1S/C12H11FN2O2/c1-15-6-5-11(12(15)16)17-10-4-2-3-9(13)8(10)7-14/h2-4,11H,5-6H2,1H3. The molecule has 0 bridgehead atoms. The lowest BCUT2D eigenvalue weighted by molar-refractivity contribution is -0.132. The number of rotatable bonds is 2. The molecule has 1 aliphatic heterocycles. The summed E-state index contributed by atoms with van der Waals surface area (Å²) in [6.07, 6.45) is -0.0645. The maximum atomic E-state index is 13.3. The number of hydrogen-bond donors (Lipinski definition) is 0. The number of likely N-dealkylation sites (N-methyl/N-ethyl adjacent to an activating group) is 1. The van der Waals surface area contributed by atoms with Gasteiger partial charge in [0.05, 0.1) is 0 Å². The molecule has 4 nitrogen and oxygen atoms in total. The molecule has 5 heteroatoms. The van der Waals surface area contributed by atoms with Crippen molar-refractivity contribution in [3.63, 3.8) is 0 Å². The van der Waals surface area contributed by atoms with Gasteiger partial charge in [-0.25, -0.2) is 4.39 Å². The van der Waals surface area contributed by atoms with E-state index in [4.69, 9.17) is 10.00 Å². The molecule has 1 saturated heterocycles. The van der Waals surface area contributed by atoms with Gasteiger partial charge in [-0.3, -0.25) is 4.79 Å². The van der Waals surface area contributed by atoms with Gasteiger partial charge in [-0.15, -0.1) is 0 Å². The maximum Gasteiger partial charge on any atom is 0.263 e. The number of benzene rings is 1. The van der Waals surface area contributed by atoms with Crippen LogP contribution in [0.15, 0.2) is 18.2 Å². The van der Waals surface area contributed by atoms with E-state index in [0.717, 1.165) is 0 Å². The Bertz CT molecular complexity index is 496. The third-order valence-electron chi connectivity index (χ3n) is 2.73. The zero-order chi connectivity index (χ0) is 12.4. The highest BCUT2D eigenvalue weighted by molar-refractivity contribution is 5.83. The third-order valence-corrected chi connectivity index (χ3v) is 2.73. The van der Waals surface area contributed by atoms with E-state index >= 15 is 0 Å². The quantitative estimate of drug-likeness (QED) is 0.775. The Hall–Kier alpha value is -2.09. The molecule has 1 aromatic carbocycles. The van der Waals surface area contributed by atoms with Gasteiger partial charge in [0, 0.05) is 20.0 Å². The molecule has 1 aromatic rings. The number of halogens is 1. The summed E-state index contributed by atoms with van der Waals surface area (Å²) in [7, 11) is 1.68. The highest BCUT2D eigenvalue weighted by Gasteiger charge is 2.31. The van der Waals surface area contributed by atoms with E-state index in [-0.39, 0.29) is 17.2 Å². The first-order valence-electron chi connectivity index (χ1n) is 5.23. The molecule has 1 heterocycles. The van der Waals surface area contributed by atoms with E-state index < -0.39 is 11.9 Å². The predicted molar refractivity (Wildman–Crippen MR) is 57.8 cm³/mol. The second-order valence-corrected chi connectivity index (χ2v) is 3.88. The van der Waals surface area contributed by atoms with E-state index in [1.807, 2.05) is 0 Å². The first-order valence-corrected chi connectivity index (χ1v) is 5.23. The Morgan fingerprint density at radius 3 is 2.94 bits per heavy atom. The van der Waals surface area contributed by atoms with Crippen molar-refractivity contribution in [2.45, 2.75) is 12.5 Å². The van der Waals surface area contributed by atoms with E-state index in [0.29, 0.717) is 13.0 Å². The minimum absolute atomic E-state index is 0.126. The molecule has 17 heavy (non-hydrogen) atoms. The van der Waals surface area contributed by atoms with Crippen molar-refractivity contribution >= 4 is 5.91 Å². The molecule has 1 unspecified atom stereocenters. The lowest BCUT2D eigenvalue weighted by Gasteiger charge is -2.13. The molecule has 1 amide bonds. The van der Waals surface area contributed by atoms with Gasteiger partial charge in [0.25, 0.3) is 5.91 Å². The summed E-state index contributed by atoms with van der Waals surface area (Å²) >= 11 is 0. The van der Waals surface area contributed by atoms with Gasteiger partial charge in [-0.1, -0.05) is 6.07 Å². The van der Waals surface area contributed by atoms with Crippen LogP contribution in [-0.2, 0) is 4.79 Å². The minimum atomic E-state index is -0.635. The second-order valence-electron chi connectivity index (χ2n) is 3.88. The van der Waals surface area contributed by atoms with E-state index in [1.54, 1.807) is 18.0 Å². The Balaban J connectivity index is 2.23. The number of amides is 1. The SMILES string of the molecule is CN1CCC(Oc2cccc(F)c2C#N)C1=O. The topological polar surface area (TPSA) is 53.3 Å². The van der Waals surface area contributed by atoms with Crippen molar-refractivity contribution in [3.05, 3.63) is 29.6 Å². The largest absolute Gasteiger partial charge is 0.479 e. The minimum Gasteiger partial charge on any atom is -0.479 e. The first kappa shape index (κ1) is 11.4. The number of carbonyl (C=O) groups is 1. The highest BCUT2D eigenvalue weighted by atomic mass is 19.1. The van der Waals surface area contributed by atoms with Crippen LogP contribution in [0.25, 0.3) is 0 Å². The lowest BCUT2D eigenvalue weighted by Crippen LogP contribution is -2.29. The fourth-order valence-electron chi connectivity index (χ4n) is 1.76. The van der Waals surface area contributed by atoms with Gasteiger partial charge < -0.3 is 9.64 Å². The summed E-state index contributed by atoms with van der Waals surface area (Å²) in [6, 6.07) is 5.87. The Labute approximate surface area is 98.2 Å². The van der Waals surface area contributed by atoms with Crippen molar-refractivity contribution < 1.29 is 13.9 Å². The Morgan fingerprint density at radius 2 is 2.35 bits per heavy atom. The summed E-state index contributed by atoms with van der Waals surface area (Å²) in [6.45, 7) is 0.612. The molecule has 0 saturated carbocycles. The average molecular weight is 234 g/mol. The van der Waals surface area contributed by atoms with Crippen molar-refractivity contribution in [2.75, 3.05) is 13.6 Å².